The summed E-state index contributed by atoms with van der Waals surface area (Å²) in [5, 5.41) is 9.61. The van der Waals surface area contributed by atoms with Gasteiger partial charge < -0.3 is 5.11 Å². The summed E-state index contributed by atoms with van der Waals surface area (Å²) < 4.78 is 0. The normalized spacial score (nSPS) is 10.4. The number of fused-ring (bicyclic) bond motifs is 1. The summed E-state index contributed by atoms with van der Waals surface area (Å²) in [4.78, 5) is 18.9. The maximum atomic E-state index is 10.8. The van der Waals surface area contributed by atoms with Crippen LogP contribution in [0.25, 0.3) is 11.0 Å². The van der Waals surface area contributed by atoms with Crippen molar-refractivity contribution < 1.29 is 9.90 Å². The van der Waals surface area contributed by atoms with Gasteiger partial charge in [0, 0.05) is 11.6 Å². The topological polar surface area (TPSA) is 63.1 Å². The molecular formula is C10H8N2O2. The van der Waals surface area contributed by atoms with Gasteiger partial charge in [-0.15, -0.1) is 0 Å². The van der Waals surface area contributed by atoms with Crippen LogP contribution in [-0.2, 0) is 0 Å². The minimum atomic E-state index is -0.958. The lowest BCUT2D eigenvalue weighted by Crippen LogP contribution is -2.02. The molecule has 2 aromatic heterocycles. The molecule has 2 aromatic rings. The summed E-state index contributed by atoms with van der Waals surface area (Å²) in [6.07, 6.45) is 1.63. The van der Waals surface area contributed by atoms with Gasteiger partial charge in [-0.05, 0) is 25.1 Å². The van der Waals surface area contributed by atoms with Gasteiger partial charge in [-0.1, -0.05) is 0 Å². The molecule has 0 amide bonds. The predicted octanol–water partition coefficient (Wildman–Crippen LogP) is 1.64. The molecule has 0 fully saturated rings. The van der Waals surface area contributed by atoms with Gasteiger partial charge in [-0.3, -0.25) is 0 Å². The molecule has 0 spiro atoms. The highest BCUT2D eigenvalue weighted by Crippen LogP contribution is 2.13. The smallest absolute Gasteiger partial charge is 0.337 e. The lowest BCUT2D eigenvalue weighted by atomic mass is 10.1. The molecule has 0 saturated carbocycles. The number of rotatable bonds is 1. The number of aromatic carboxylic acids is 1. The van der Waals surface area contributed by atoms with Crippen molar-refractivity contribution in [3.05, 3.63) is 35.7 Å². The molecule has 2 rings (SSSR count). The van der Waals surface area contributed by atoms with Crippen molar-refractivity contribution in [1.82, 2.24) is 9.97 Å². The molecule has 70 valence electrons. The minimum Gasteiger partial charge on any atom is -0.478 e. The first-order valence-electron chi connectivity index (χ1n) is 4.14. The van der Waals surface area contributed by atoms with Crippen LogP contribution < -0.4 is 0 Å². The van der Waals surface area contributed by atoms with Gasteiger partial charge in [0.15, 0.2) is 5.65 Å². The number of aryl methyl sites for hydroxylation is 1. The summed E-state index contributed by atoms with van der Waals surface area (Å²) in [5.41, 5.74) is 1.30. The first-order chi connectivity index (χ1) is 6.68. The summed E-state index contributed by atoms with van der Waals surface area (Å²) in [7, 11) is 0. The van der Waals surface area contributed by atoms with Crippen molar-refractivity contribution in [2.45, 2.75) is 6.92 Å². The van der Waals surface area contributed by atoms with Gasteiger partial charge in [0.1, 0.15) is 0 Å². The first kappa shape index (κ1) is 8.62. The first-order valence-corrected chi connectivity index (χ1v) is 4.14. The van der Waals surface area contributed by atoms with Gasteiger partial charge in [-0.25, -0.2) is 14.8 Å². The Hall–Kier alpha value is -1.97. The van der Waals surface area contributed by atoms with Gasteiger partial charge in [-0.2, -0.15) is 0 Å². The largest absolute Gasteiger partial charge is 0.478 e. The molecule has 0 atom stereocenters. The molecule has 0 saturated heterocycles. The summed E-state index contributed by atoms with van der Waals surface area (Å²) in [6, 6.07) is 5.14. The Balaban J connectivity index is 2.77. The predicted molar refractivity (Wildman–Crippen MR) is 51.2 cm³/mol. The molecule has 14 heavy (non-hydrogen) atoms. The Bertz CT molecular complexity index is 508. The van der Waals surface area contributed by atoms with E-state index >= 15 is 0 Å². The van der Waals surface area contributed by atoms with E-state index in [1.807, 2.05) is 0 Å². The maximum Gasteiger partial charge on any atom is 0.337 e. The van der Waals surface area contributed by atoms with Crippen molar-refractivity contribution in [2.24, 2.45) is 0 Å². The van der Waals surface area contributed by atoms with Crippen LogP contribution in [0, 0.1) is 6.92 Å². The highest BCUT2D eigenvalue weighted by atomic mass is 16.4. The maximum absolute atomic E-state index is 10.8. The van der Waals surface area contributed by atoms with E-state index in [1.165, 1.54) is 0 Å². The molecule has 4 heteroatoms. The highest BCUT2D eigenvalue weighted by molar-refractivity contribution is 5.93. The Labute approximate surface area is 80.2 Å². The zero-order valence-electron chi connectivity index (χ0n) is 7.56. The molecule has 0 aromatic carbocycles. The van der Waals surface area contributed by atoms with E-state index in [0.717, 1.165) is 5.39 Å². The molecule has 1 N–H and O–H groups in total. The summed E-state index contributed by atoms with van der Waals surface area (Å²) >= 11 is 0. The standard InChI is InChI=1S/C10H8N2O2/c1-6-8(10(13)14)5-7-3-2-4-11-9(7)12-6/h2-5H,1H3,(H,13,14). The quantitative estimate of drug-likeness (QED) is 0.738. The van der Waals surface area contributed by atoms with E-state index in [1.54, 1.807) is 31.3 Å². The van der Waals surface area contributed by atoms with Crippen LogP contribution in [-0.4, -0.2) is 21.0 Å². The van der Waals surface area contributed by atoms with E-state index in [0.29, 0.717) is 11.3 Å². The second-order valence-corrected chi connectivity index (χ2v) is 2.98. The average Bonchev–Trinajstić information content (AvgIpc) is 2.16. The van der Waals surface area contributed by atoms with Crippen LogP contribution in [0.4, 0.5) is 0 Å². The highest BCUT2D eigenvalue weighted by Gasteiger charge is 2.09. The van der Waals surface area contributed by atoms with Crippen molar-refractivity contribution >= 4 is 17.0 Å². The van der Waals surface area contributed by atoms with Gasteiger partial charge in [0.2, 0.25) is 0 Å². The summed E-state index contributed by atoms with van der Waals surface area (Å²) in [6.45, 7) is 1.66. The van der Waals surface area contributed by atoms with E-state index < -0.39 is 5.97 Å². The lowest BCUT2D eigenvalue weighted by Gasteiger charge is -2.01. The second-order valence-electron chi connectivity index (χ2n) is 2.98. The van der Waals surface area contributed by atoms with Crippen LogP contribution in [0.2, 0.25) is 0 Å². The monoisotopic (exact) mass is 188 g/mol. The SMILES string of the molecule is Cc1nc2ncccc2cc1C(=O)O. The van der Waals surface area contributed by atoms with E-state index in [4.69, 9.17) is 5.11 Å². The fraction of sp³-hybridized carbons (Fsp3) is 0.100. The molecular weight excluding hydrogens is 180 g/mol. The van der Waals surface area contributed by atoms with Crippen molar-refractivity contribution in [2.75, 3.05) is 0 Å². The van der Waals surface area contributed by atoms with Gasteiger partial charge >= 0.3 is 5.97 Å². The Morgan fingerprint density at radius 1 is 1.50 bits per heavy atom. The molecule has 0 aliphatic heterocycles. The molecule has 0 aliphatic carbocycles. The van der Waals surface area contributed by atoms with Crippen LogP contribution >= 0.6 is 0 Å². The zero-order chi connectivity index (χ0) is 10.1. The molecule has 0 unspecified atom stereocenters. The van der Waals surface area contributed by atoms with E-state index in [9.17, 15) is 4.79 Å². The third-order valence-corrected chi connectivity index (χ3v) is 2.01. The molecule has 4 nitrogen and oxygen atoms in total. The number of carboxylic acids is 1. The third-order valence-electron chi connectivity index (χ3n) is 2.01. The van der Waals surface area contributed by atoms with E-state index in [2.05, 4.69) is 9.97 Å². The number of carboxylic acid groups (broad SMARTS) is 1. The average molecular weight is 188 g/mol. The summed E-state index contributed by atoms with van der Waals surface area (Å²) in [5.74, 6) is -0.958. The van der Waals surface area contributed by atoms with Crippen LogP contribution in [0.15, 0.2) is 24.4 Å². The van der Waals surface area contributed by atoms with Gasteiger partial charge in [0.05, 0.1) is 11.3 Å². The van der Waals surface area contributed by atoms with E-state index in [-0.39, 0.29) is 5.56 Å². The number of nitrogens with zero attached hydrogens (tertiary/aromatic N) is 2. The van der Waals surface area contributed by atoms with Gasteiger partial charge in [0.25, 0.3) is 0 Å². The fourth-order valence-electron chi connectivity index (χ4n) is 1.31. The molecule has 0 radical (unpaired) electrons. The zero-order valence-corrected chi connectivity index (χ0v) is 7.56. The van der Waals surface area contributed by atoms with Crippen LogP contribution in [0.3, 0.4) is 0 Å². The van der Waals surface area contributed by atoms with Crippen LogP contribution in [0.1, 0.15) is 16.1 Å². The fourth-order valence-corrected chi connectivity index (χ4v) is 1.31. The molecule has 0 aliphatic rings. The number of aromatic nitrogens is 2. The Morgan fingerprint density at radius 2 is 2.29 bits per heavy atom. The number of hydrogen-bond acceptors (Lipinski definition) is 3. The minimum absolute atomic E-state index is 0.227. The molecule has 0 bridgehead atoms. The van der Waals surface area contributed by atoms with Crippen molar-refractivity contribution in [1.29, 1.82) is 0 Å². The van der Waals surface area contributed by atoms with Crippen molar-refractivity contribution in [3.63, 3.8) is 0 Å². The second kappa shape index (κ2) is 3.06. The lowest BCUT2D eigenvalue weighted by molar-refractivity contribution is 0.0696. The molecule has 2 heterocycles. The van der Waals surface area contributed by atoms with Crippen LogP contribution in [0.5, 0.6) is 0 Å². The third kappa shape index (κ3) is 1.31. The number of carbonyl (C=O) groups is 1. The van der Waals surface area contributed by atoms with Crippen molar-refractivity contribution in [3.8, 4) is 0 Å². The number of hydrogen-bond donors (Lipinski definition) is 1. The Morgan fingerprint density at radius 3 is 3.00 bits per heavy atom. The Kier molecular flexibility index (Phi) is 1.89. The number of pyridine rings is 2.